The zero-order valence-electron chi connectivity index (χ0n) is 12.6. The Morgan fingerprint density at radius 3 is 2.68 bits per heavy atom. The first-order chi connectivity index (χ1) is 9.29. The summed E-state index contributed by atoms with van der Waals surface area (Å²) in [5, 5.41) is 3.76. The van der Waals surface area contributed by atoms with E-state index in [0.717, 1.165) is 12.0 Å². The van der Waals surface area contributed by atoms with Crippen molar-refractivity contribution in [3.63, 3.8) is 0 Å². The van der Waals surface area contributed by atoms with E-state index < -0.39 is 0 Å². The molecule has 1 heteroatoms. The van der Waals surface area contributed by atoms with Crippen molar-refractivity contribution in [3.8, 4) is 0 Å². The van der Waals surface area contributed by atoms with E-state index in [1.54, 1.807) is 0 Å². The van der Waals surface area contributed by atoms with Crippen LogP contribution in [-0.4, -0.2) is 12.6 Å². The Bertz CT molecular complexity index is 368. The zero-order valence-corrected chi connectivity index (χ0v) is 12.6. The smallest absolute Gasteiger partial charge is 0.00728 e. The van der Waals surface area contributed by atoms with Crippen molar-refractivity contribution in [1.29, 1.82) is 0 Å². The molecule has 1 N–H and O–H groups in total. The van der Waals surface area contributed by atoms with Crippen LogP contribution in [-0.2, 0) is 6.42 Å². The van der Waals surface area contributed by atoms with Gasteiger partial charge in [-0.2, -0.15) is 0 Å². The van der Waals surface area contributed by atoms with E-state index in [9.17, 15) is 0 Å². The van der Waals surface area contributed by atoms with Crippen LogP contribution in [0.15, 0.2) is 24.3 Å². The zero-order chi connectivity index (χ0) is 13.5. The highest BCUT2D eigenvalue weighted by atomic mass is 14.9. The van der Waals surface area contributed by atoms with E-state index in [1.165, 1.54) is 62.6 Å². The SMILES string of the molecule is CCCNC(CCc1ccccc1C)CC1CCC1. The molecular formula is C18H29N. The van der Waals surface area contributed by atoms with E-state index in [4.69, 9.17) is 0 Å². The summed E-state index contributed by atoms with van der Waals surface area (Å²) in [6.45, 7) is 5.66. The molecule has 1 aromatic rings. The van der Waals surface area contributed by atoms with Crippen LogP contribution < -0.4 is 5.32 Å². The second kappa shape index (κ2) is 7.69. The molecule has 19 heavy (non-hydrogen) atoms. The number of hydrogen-bond acceptors (Lipinski definition) is 1. The first-order valence-corrected chi connectivity index (χ1v) is 8.07. The van der Waals surface area contributed by atoms with Gasteiger partial charge in [-0.3, -0.25) is 0 Å². The van der Waals surface area contributed by atoms with Crippen LogP contribution in [0, 0.1) is 12.8 Å². The van der Waals surface area contributed by atoms with Crippen LogP contribution in [0.3, 0.4) is 0 Å². The minimum atomic E-state index is 0.727. The van der Waals surface area contributed by atoms with Gasteiger partial charge in [-0.1, -0.05) is 50.5 Å². The first kappa shape index (κ1) is 14.6. The summed E-state index contributed by atoms with van der Waals surface area (Å²) in [5.41, 5.74) is 2.97. The van der Waals surface area contributed by atoms with Gasteiger partial charge in [-0.25, -0.2) is 0 Å². The van der Waals surface area contributed by atoms with Gasteiger partial charge in [0.1, 0.15) is 0 Å². The van der Waals surface area contributed by atoms with Crippen LogP contribution in [0.4, 0.5) is 0 Å². The standard InChI is InChI=1S/C18H29N/c1-3-13-19-18(14-16-8-6-9-16)12-11-17-10-5-4-7-15(17)2/h4-5,7,10,16,18-19H,3,6,8-9,11-14H2,1-2H3. The van der Waals surface area contributed by atoms with Crippen LogP contribution in [0.5, 0.6) is 0 Å². The third kappa shape index (κ3) is 4.65. The molecule has 0 heterocycles. The van der Waals surface area contributed by atoms with Gasteiger partial charge in [0.25, 0.3) is 0 Å². The molecule has 1 aliphatic rings. The van der Waals surface area contributed by atoms with Crippen LogP contribution in [0.1, 0.15) is 56.6 Å². The largest absolute Gasteiger partial charge is 0.314 e. The normalized spacial score (nSPS) is 17.2. The molecule has 0 bridgehead atoms. The van der Waals surface area contributed by atoms with Crippen LogP contribution in [0.25, 0.3) is 0 Å². The summed E-state index contributed by atoms with van der Waals surface area (Å²) in [4.78, 5) is 0. The molecule has 0 aliphatic heterocycles. The minimum absolute atomic E-state index is 0.727. The molecular weight excluding hydrogens is 230 g/mol. The predicted molar refractivity (Wildman–Crippen MR) is 83.5 cm³/mol. The molecule has 2 rings (SSSR count). The first-order valence-electron chi connectivity index (χ1n) is 8.07. The van der Waals surface area contributed by atoms with Gasteiger partial charge < -0.3 is 5.32 Å². The lowest BCUT2D eigenvalue weighted by atomic mass is 9.80. The van der Waals surface area contributed by atoms with Gasteiger partial charge in [-0.05, 0) is 56.2 Å². The van der Waals surface area contributed by atoms with Crippen molar-refractivity contribution < 1.29 is 0 Å². The average molecular weight is 259 g/mol. The maximum atomic E-state index is 3.76. The molecule has 1 aliphatic carbocycles. The lowest BCUT2D eigenvalue weighted by Crippen LogP contribution is -2.33. The highest BCUT2D eigenvalue weighted by molar-refractivity contribution is 5.25. The number of benzene rings is 1. The minimum Gasteiger partial charge on any atom is -0.314 e. The lowest BCUT2D eigenvalue weighted by molar-refractivity contribution is 0.254. The van der Waals surface area contributed by atoms with Gasteiger partial charge >= 0.3 is 0 Å². The summed E-state index contributed by atoms with van der Waals surface area (Å²) in [7, 11) is 0. The Kier molecular flexibility index (Phi) is 5.91. The average Bonchev–Trinajstić information content (AvgIpc) is 2.37. The second-order valence-electron chi connectivity index (χ2n) is 6.15. The maximum absolute atomic E-state index is 3.76. The Balaban J connectivity index is 1.82. The fourth-order valence-electron chi connectivity index (χ4n) is 3.00. The summed E-state index contributed by atoms with van der Waals surface area (Å²) in [6.07, 6.45) is 9.55. The molecule has 1 saturated carbocycles. The van der Waals surface area contributed by atoms with Crippen molar-refractivity contribution in [2.45, 2.75) is 64.8 Å². The molecule has 1 fully saturated rings. The van der Waals surface area contributed by atoms with Crippen LogP contribution >= 0.6 is 0 Å². The number of rotatable bonds is 8. The Hall–Kier alpha value is -0.820. The highest BCUT2D eigenvalue weighted by Gasteiger charge is 2.21. The highest BCUT2D eigenvalue weighted by Crippen LogP contribution is 2.31. The fourth-order valence-corrected chi connectivity index (χ4v) is 3.00. The third-order valence-corrected chi connectivity index (χ3v) is 4.55. The molecule has 1 nitrogen and oxygen atoms in total. The molecule has 0 amide bonds. The molecule has 1 aromatic carbocycles. The Labute approximate surface area is 118 Å². The van der Waals surface area contributed by atoms with Crippen molar-refractivity contribution in [2.75, 3.05) is 6.54 Å². The molecule has 0 spiro atoms. The van der Waals surface area contributed by atoms with Crippen molar-refractivity contribution >= 4 is 0 Å². The van der Waals surface area contributed by atoms with Gasteiger partial charge in [0.15, 0.2) is 0 Å². The van der Waals surface area contributed by atoms with E-state index in [2.05, 4.69) is 43.4 Å². The number of hydrogen-bond donors (Lipinski definition) is 1. The van der Waals surface area contributed by atoms with E-state index >= 15 is 0 Å². The molecule has 0 aromatic heterocycles. The van der Waals surface area contributed by atoms with Gasteiger partial charge in [0.2, 0.25) is 0 Å². The number of aryl methyl sites for hydroxylation is 2. The van der Waals surface area contributed by atoms with Gasteiger partial charge in [-0.15, -0.1) is 0 Å². The summed E-state index contributed by atoms with van der Waals surface area (Å²) < 4.78 is 0. The Morgan fingerprint density at radius 1 is 1.26 bits per heavy atom. The maximum Gasteiger partial charge on any atom is 0.00728 e. The second-order valence-corrected chi connectivity index (χ2v) is 6.15. The molecule has 1 unspecified atom stereocenters. The van der Waals surface area contributed by atoms with Crippen molar-refractivity contribution in [2.24, 2.45) is 5.92 Å². The molecule has 1 atom stereocenters. The summed E-state index contributed by atoms with van der Waals surface area (Å²) >= 11 is 0. The van der Waals surface area contributed by atoms with Crippen LogP contribution in [0.2, 0.25) is 0 Å². The summed E-state index contributed by atoms with van der Waals surface area (Å²) in [5.74, 6) is 1.01. The summed E-state index contributed by atoms with van der Waals surface area (Å²) in [6, 6.07) is 9.55. The fraction of sp³-hybridized carbons (Fsp3) is 0.667. The van der Waals surface area contributed by atoms with Crippen molar-refractivity contribution in [1.82, 2.24) is 5.32 Å². The monoisotopic (exact) mass is 259 g/mol. The quantitative estimate of drug-likeness (QED) is 0.725. The van der Waals surface area contributed by atoms with Crippen molar-refractivity contribution in [3.05, 3.63) is 35.4 Å². The van der Waals surface area contributed by atoms with E-state index in [0.29, 0.717) is 0 Å². The Morgan fingerprint density at radius 2 is 2.05 bits per heavy atom. The predicted octanol–water partition coefficient (Wildman–Crippen LogP) is 4.49. The van der Waals surface area contributed by atoms with Gasteiger partial charge in [0.05, 0.1) is 0 Å². The van der Waals surface area contributed by atoms with E-state index in [-0.39, 0.29) is 0 Å². The van der Waals surface area contributed by atoms with Gasteiger partial charge in [0, 0.05) is 6.04 Å². The lowest BCUT2D eigenvalue weighted by Gasteiger charge is -2.30. The molecule has 106 valence electrons. The topological polar surface area (TPSA) is 12.0 Å². The third-order valence-electron chi connectivity index (χ3n) is 4.55. The van der Waals surface area contributed by atoms with E-state index in [1.807, 2.05) is 0 Å². The molecule has 0 radical (unpaired) electrons. The number of nitrogens with one attached hydrogen (secondary N) is 1. The molecule has 0 saturated heterocycles.